The van der Waals surface area contributed by atoms with Gasteiger partial charge in [-0.2, -0.15) is 0 Å². The van der Waals surface area contributed by atoms with E-state index in [4.69, 9.17) is 0 Å². The summed E-state index contributed by atoms with van der Waals surface area (Å²) in [6.45, 7) is 45.8. The normalized spacial score (nSPS) is 19.4. The van der Waals surface area contributed by atoms with Gasteiger partial charge in [-0.3, -0.25) is 0 Å². The molecule has 1 fully saturated rings. The van der Waals surface area contributed by atoms with Gasteiger partial charge in [0.25, 0.3) is 6.71 Å². The molecule has 0 radical (unpaired) electrons. The van der Waals surface area contributed by atoms with Gasteiger partial charge in [0.05, 0.1) is 16.9 Å². The molecule has 3 aliphatic heterocycles. The first kappa shape index (κ1) is 55.4. The Balaban J connectivity index is 1.21. The zero-order valence-corrected chi connectivity index (χ0v) is 53.7. The van der Waals surface area contributed by atoms with Crippen LogP contribution in [0.1, 0.15) is 202 Å². The van der Waals surface area contributed by atoms with Crippen LogP contribution in [0.15, 0.2) is 152 Å². The maximum absolute atomic E-state index is 2.95. The van der Waals surface area contributed by atoms with Crippen LogP contribution in [0, 0.1) is 0 Å². The minimum absolute atomic E-state index is 0.00956. The van der Waals surface area contributed by atoms with Gasteiger partial charge in [-0.25, -0.2) is 0 Å². The molecule has 1 saturated carbocycles. The van der Waals surface area contributed by atoms with Crippen molar-refractivity contribution >= 4 is 68.6 Å². The van der Waals surface area contributed by atoms with E-state index >= 15 is 0 Å². The average molecular weight is 1090 g/mol. The monoisotopic (exact) mass is 1090 g/mol. The van der Waals surface area contributed by atoms with E-state index in [9.17, 15) is 0 Å². The standard InChI is InChI=1S/C79H90BN3/c1-72(2,3)50-27-33-55(34-28-50)81(56-35-29-51(30-36-56)73(4,5)6)57-47-66-69-67(48-57)83-71-62(78(18)41-23-24-42-79(78,83)19)45-54(76(13,14)15)46-63(71)80(69)70-65(40-38-59-58-37-31-53(75(10,11)12)44-61(58)77(16,17)68(59)70)82(66)64-39-32-52(74(7,8)9)43-60(64)49-25-21-20-22-26-49/h20-22,25-40,43-48H,23-24,41-42H2,1-19H3. The quantitative estimate of drug-likeness (QED) is 0.159. The zero-order chi connectivity index (χ0) is 59.1. The Hall–Kier alpha value is -6.78. The van der Waals surface area contributed by atoms with E-state index in [0.29, 0.717) is 0 Å². The molecule has 5 aliphatic rings. The number of hydrogen-bond acceptors (Lipinski definition) is 3. The van der Waals surface area contributed by atoms with Gasteiger partial charge in [0.2, 0.25) is 0 Å². The number of hydrogen-bond donors (Lipinski definition) is 0. The lowest BCUT2D eigenvalue weighted by Crippen LogP contribution is -2.65. The molecule has 83 heavy (non-hydrogen) atoms. The molecule has 2 atom stereocenters. The molecule has 8 aromatic carbocycles. The Morgan fingerprint density at radius 2 is 0.916 bits per heavy atom. The molecule has 4 heteroatoms. The second kappa shape index (κ2) is 18.1. The topological polar surface area (TPSA) is 9.72 Å². The lowest BCUT2D eigenvalue weighted by molar-refractivity contribution is 0.195. The molecule has 13 rings (SSSR count). The van der Waals surface area contributed by atoms with Crippen molar-refractivity contribution in [1.82, 2.24) is 0 Å². The minimum atomic E-state index is -0.304. The van der Waals surface area contributed by atoms with Crippen LogP contribution >= 0.6 is 0 Å². The van der Waals surface area contributed by atoms with Gasteiger partial charge >= 0.3 is 0 Å². The Bertz CT molecular complexity index is 3880. The van der Waals surface area contributed by atoms with Crippen LogP contribution in [0.25, 0.3) is 22.3 Å². The van der Waals surface area contributed by atoms with Crippen molar-refractivity contribution in [3.05, 3.63) is 196 Å². The molecule has 0 bridgehead atoms. The first-order valence-electron chi connectivity index (χ1n) is 31.3. The summed E-state index contributed by atoms with van der Waals surface area (Å²) in [6, 6.07) is 60.8. The largest absolute Gasteiger partial charge is 0.335 e. The van der Waals surface area contributed by atoms with Crippen molar-refractivity contribution in [2.24, 2.45) is 0 Å². The summed E-state index contributed by atoms with van der Waals surface area (Å²) in [5.41, 5.74) is 30.1. The first-order chi connectivity index (χ1) is 38.8. The number of fused-ring (bicyclic) bond motifs is 11. The molecule has 8 aromatic rings. The fraction of sp³-hybridized carbons (Fsp3) is 0.392. The third-order valence-corrected chi connectivity index (χ3v) is 21.0. The number of anilines is 8. The Morgan fingerprint density at radius 1 is 0.410 bits per heavy atom. The van der Waals surface area contributed by atoms with Crippen LogP contribution in [0.3, 0.4) is 0 Å². The van der Waals surface area contributed by atoms with Crippen LogP contribution in [-0.2, 0) is 37.9 Å². The predicted molar refractivity (Wildman–Crippen MR) is 360 cm³/mol. The molecular formula is C79H90BN3. The highest BCUT2D eigenvalue weighted by atomic mass is 15.3. The fourth-order valence-corrected chi connectivity index (χ4v) is 15.7. The van der Waals surface area contributed by atoms with Crippen LogP contribution in [0.4, 0.5) is 45.5 Å². The fourth-order valence-electron chi connectivity index (χ4n) is 15.7. The van der Waals surface area contributed by atoms with E-state index in [1.165, 1.54) is 125 Å². The molecule has 0 spiro atoms. The van der Waals surface area contributed by atoms with E-state index in [1.54, 1.807) is 5.56 Å². The van der Waals surface area contributed by atoms with E-state index in [2.05, 4.69) is 298 Å². The van der Waals surface area contributed by atoms with Crippen LogP contribution in [-0.4, -0.2) is 12.3 Å². The maximum Gasteiger partial charge on any atom is 0.252 e. The number of benzene rings is 8. The third kappa shape index (κ3) is 8.32. The van der Waals surface area contributed by atoms with Gasteiger partial charge in [-0.05, 0) is 179 Å². The summed E-state index contributed by atoms with van der Waals surface area (Å²) in [5.74, 6) is 0. The van der Waals surface area contributed by atoms with Gasteiger partial charge in [0, 0.05) is 50.5 Å². The lowest BCUT2D eigenvalue weighted by Gasteiger charge is -2.53. The van der Waals surface area contributed by atoms with Gasteiger partial charge < -0.3 is 14.7 Å². The second-order valence-corrected chi connectivity index (χ2v) is 31.9. The van der Waals surface area contributed by atoms with Crippen molar-refractivity contribution in [3.63, 3.8) is 0 Å². The van der Waals surface area contributed by atoms with E-state index in [1.807, 2.05) is 0 Å². The first-order valence-corrected chi connectivity index (χ1v) is 31.3. The Labute approximate surface area is 499 Å². The molecule has 3 nitrogen and oxygen atoms in total. The van der Waals surface area contributed by atoms with Crippen molar-refractivity contribution in [3.8, 4) is 22.3 Å². The molecule has 0 N–H and O–H groups in total. The highest BCUT2D eigenvalue weighted by Gasteiger charge is 2.62. The van der Waals surface area contributed by atoms with Gasteiger partial charge in [-0.1, -0.05) is 235 Å². The van der Waals surface area contributed by atoms with Crippen LogP contribution in [0.5, 0.6) is 0 Å². The summed E-state index contributed by atoms with van der Waals surface area (Å²) in [7, 11) is 0. The Kier molecular flexibility index (Phi) is 12.1. The van der Waals surface area contributed by atoms with Gasteiger partial charge in [0.15, 0.2) is 0 Å². The van der Waals surface area contributed by atoms with Crippen molar-refractivity contribution in [1.29, 1.82) is 0 Å². The molecule has 424 valence electrons. The highest BCUT2D eigenvalue weighted by Crippen LogP contribution is 2.64. The molecule has 2 aliphatic carbocycles. The smallest absolute Gasteiger partial charge is 0.252 e. The SMILES string of the molecule is CC(C)(C)c1ccc(N(c2ccc(C(C)(C)C)cc2)c2cc3c4c(c2)N2c5c(cc(C(C)(C)C)cc5C5(C)CCCCC25C)B4c2c(ccc4c2C(C)(C)c2cc(C(C)(C)C)ccc2-4)N3c2ccc(C(C)(C)C)cc2-c2ccccc2)cc1. The van der Waals surface area contributed by atoms with Crippen LogP contribution < -0.4 is 31.1 Å². The summed E-state index contributed by atoms with van der Waals surface area (Å²) in [4.78, 5) is 8.28. The average Bonchev–Trinajstić information content (AvgIpc) is 1.66. The van der Waals surface area contributed by atoms with E-state index in [-0.39, 0.29) is 50.2 Å². The summed E-state index contributed by atoms with van der Waals surface area (Å²) >= 11 is 0. The molecule has 2 unspecified atom stereocenters. The lowest BCUT2D eigenvalue weighted by atomic mass is 9.32. The molecule has 0 saturated heterocycles. The zero-order valence-electron chi connectivity index (χ0n) is 53.7. The maximum atomic E-state index is 2.95. The molecule has 0 amide bonds. The van der Waals surface area contributed by atoms with Gasteiger partial charge in [-0.15, -0.1) is 0 Å². The predicted octanol–water partition coefficient (Wildman–Crippen LogP) is 20.0. The molecule has 3 heterocycles. The third-order valence-electron chi connectivity index (χ3n) is 21.0. The second-order valence-electron chi connectivity index (χ2n) is 31.9. The summed E-state index contributed by atoms with van der Waals surface area (Å²) in [5, 5.41) is 0. The van der Waals surface area contributed by atoms with Crippen molar-refractivity contribution in [2.75, 3.05) is 14.7 Å². The minimum Gasteiger partial charge on any atom is -0.335 e. The highest BCUT2D eigenvalue weighted by molar-refractivity contribution is 7.00. The molecular weight excluding hydrogens is 1000 g/mol. The van der Waals surface area contributed by atoms with E-state index in [0.717, 1.165) is 24.2 Å². The Morgan fingerprint density at radius 3 is 1.51 bits per heavy atom. The van der Waals surface area contributed by atoms with Crippen molar-refractivity contribution < 1.29 is 0 Å². The van der Waals surface area contributed by atoms with Gasteiger partial charge in [0.1, 0.15) is 0 Å². The summed E-state index contributed by atoms with van der Waals surface area (Å²) < 4.78 is 0. The number of nitrogens with zero attached hydrogens (tertiary/aromatic N) is 3. The van der Waals surface area contributed by atoms with E-state index < -0.39 is 0 Å². The number of rotatable bonds is 5. The van der Waals surface area contributed by atoms with Crippen LogP contribution in [0.2, 0.25) is 0 Å². The van der Waals surface area contributed by atoms with Crippen molar-refractivity contribution in [2.45, 2.75) is 201 Å². The molecule has 0 aromatic heterocycles. The summed E-state index contributed by atoms with van der Waals surface area (Å²) in [6.07, 6.45) is 4.73.